The molecule has 0 radical (unpaired) electrons. The fourth-order valence-electron chi connectivity index (χ4n) is 3.92. The summed E-state index contributed by atoms with van der Waals surface area (Å²) in [6.07, 6.45) is 1.57. The van der Waals surface area contributed by atoms with Crippen molar-refractivity contribution in [2.45, 2.75) is 4.90 Å². The number of amides is 3. The monoisotopic (exact) mass is 692 g/mol. The van der Waals surface area contributed by atoms with Crippen LogP contribution in [-0.4, -0.2) is 28.5 Å². The molecule has 0 aliphatic rings. The third kappa shape index (κ3) is 9.20. The van der Waals surface area contributed by atoms with E-state index < -0.39 is 11.8 Å². The number of rotatable bonds is 10. The predicted octanol–water partition coefficient (Wildman–Crippen LogP) is 8.91. The van der Waals surface area contributed by atoms with Crippen LogP contribution < -0.4 is 16.0 Å². The highest BCUT2D eigenvalue weighted by Gasteiger charge is 2.16. The van der Waals surface area contributed by atoms with Gasteiger partial charge >= 0.3 is 0 Å². The van der Waals surface area contributed by atoms with E-state index in [-0.39, 0.29) is 17.4 Å². The molecule has 0 atom stereocenters. The highest BCUT2D eigenvalue weighted by atomic mass is 35.5. The molecule has 5 aromatic rings. The number of nitrogens with zero attached hydrogens (tertiary/aromatic N) is 1. The lowest BCUT2D eigenvalue weighted by Gasteiger charge is -2.12. The maximum atomic E-state index is 13.3. The number of thioether (sulfide) groups is 1. The molecule has 45 heavy (non-hydrogen) atoms. The molecule has 3 N–H and O–H groups in total. The highest BCUT2D eigenvalue weighted by Crippen LogP contribution is 2.31. The topological polar surface area (TPSA) is 100 Å². The van der Waals surface area contributed by atoms with E-state index in [0.29, 0.717) is 42.7 Å². The molecule has 0 fully saturated rings. The molecular weight excluding hydrogens is 671 g/mol. The van der Waals surface area contributed by atoms with Crippen LogP contribution in [0, 0.1) is 0 Å². The van der Waals surface area contributed by atoms with Crippen LogP contribution >= 0.6 is 57.9 Å². The molecule has 4 aromatic carbocycles. The normalized spacial score (nSPS) is 11.1. The van der Waals surface area contributed by atoms with Crippen molar-refractivity contribution in [2.24, 2.45) is 0 Å². The van der Waals surface area contributed by atoms with Gasteiger partial charge < -0.3 is 16.0 Å². The molecule has 5 rings (SSSR count). The van der Waals surface area contributed by atoms with Crippen molar-refractivity contribution in [3.8, 4) is 11.3 Å². The van der Waals surface area contributed by atoms with Gasteiger partial charge in [-0.3, -0.25) is 14.4 Å². The van der Waals surface area contributed by atoms with Gasteiger partial charge in [-0.1, -0.05) is 71.2 Å². The van der Waals surface area contributed by atoms with Crippen LogP contribution in [0.4, 0.5) is 10.8 Å². The second kappa shape index (κ2) is 15.2. The predicted molar refractivity (Wildman–Crippen MR) is 185 cm³/mol. The third-order valence-corrected chi connectivity index (χ3v) is 8.92. The smallest absolute Gasteiger partial charge is 0.272 e. The quantitative estimate of drug-likeness (QED) is 0.100. The van der Waals surface area contributed by atoms with Crippen LogP contribution in [0.2, 0.25) is 15.1 Å². The summed E-state index contributed by atoms with van der Waals surface area (Å²) in [4.78, 5) is 43.9. The van der Waals surface area contributed by atoms with E-state index in [2.05, 4.69) is 20.9 Å². The van der Waals surface area contributed by atoms with Crippen molar-refractivity contribution < 1.29 is 14.4 Å². The van der Waals surface area contributed by atoms with Crippen LogP contribution in [0.5, 0.6) is 0 Å². The summed E-state index contributed by atoms with van der Waals surface area (Å²) in [6.45, 7) is 0. The van der Waals surface area contributed by atoms with Crippen LogP contribution in [0.1, 0.15) is 15.9 Å². The number of carbonyl (C=O) groups excluding carboxylic acids is 3. The summed E-state index contributed by atoms with van der Waals surface area (Å²) in [5.74, 6) is -0.969. The summed E-state index contributed by atoms with van der Waals surface area (Å²) in [5, 5.41) is 12.1. The molecule has 12 heteroatoms. The molecule has 1 aromatic heterocycles. The second-order valence-electron chi connectivity index (χ2n) is 9.41. The zero-order valence-corrected chi connectivity index (χ0v) is 27.1. The Morgan fingerprint density at radius 3 is 2.27 bits per heavy atom. The minimum absolute atomic E-state index is 0.0609. The van der Waals surface area contributed by atoms with Crippen LogP contribution in [-0.2, 0) is 9.59 Å². The summed E-state index contributed by atoms with van der Waals surface area (Å²) < 4.78 is 0. The first kappa shape index (κ1) is 32.3. The maximum absolute atomic E-state index is 13.3. The summed E-state index contributed by atoms with van der Waals surface area (Å²) in [5.41, 5.74) is 3.16. The Hall–Kier alpha value is -4.12. The van der Waals surface area contributed by atoms with Gasteiger partial charge in [-0.2, -0.15) is 0 Å². The third-order valence-electron chi connectivity index (χ3n) is 6.16. The van der Waals surface area contributed by atoms with E-state index in [9.17, 15) is 14.4 Å². The van der Waals surface area contributed by atoms with E-state index in [1.165, 1.54) is 23.1 Å². The molecule has 226 valence electrons. The fourth-order valence-corrected chi connectivity index (χ4v) is 5.78. The number of hydrogen-bond acceptors (Lipinski definition) is 6. The Labute approximate surface area is 282 Å². The molecule has 3 amide bonds. The second-order valence-corrected chi connectivity index (χ2v) is 12.6. The molecule has 0 saturated heterocycles. The largest absolute Gasteiger partial charge is 0.321 e. The number of aromatic nitrogens is 1. The van der Waals surface area contributed by atoms with Crippen molar-refractivity contribution in [1.82, 2.24) is 10.3 Å². The lowest BCUT2D eigenvalue weighted by atomic mass is 10.1. The number of hydrogen-bond donors (Lipinski definition) is 3. The standard InChI is InChI=1S/C33H23Cl3N4O3S2/c34-23-9-6-20(7-10-23)16-28(38-31(42)21-4-2-1-3-5-21)32(43)37-24-11-13-25(14-12-24)44-19-30(41)40-33-39-29(18-45-33)22-8-15-26(35)27(36)17-22/h1-18H,19H2,(H,37,43)(H,38,42)(H,39,40,41)/b28-16-. The Morgan fingerprint density at radius 1 is 0.822 bits per heavy atom. The molecular formula is C33H23Cl3N4O3S2. The SMILES string of the molecule is O=C(CSc1ccc(NC(=O)/C(=C/c2ccc(Cl)cc2)NC(=O)c2ccccc2)cc1)Nc1nc(-c2ccc(Cl)c(Cl)c2)cs1. The molecule has 1 heterocycles. The maximum Gasteiger partial charge on any atom is 0.272 e. The minimum atomic E-state index is -0.502. The van der Waals surface area contributed by atoms with Gasteiger partial charge in [0.25, 0.3) is 11.8 Å². The van der Waals surface area contributed by atoms with Crippen molar-refractivity contribution >= 4 is 92.5 Å². The average Bonchev–Trinajstić information content (AvgIpc) is 3.51. The number of nitrogens with one attached hydrogen (secondary N) is 3. The Kier molecular flexibility index (Phi) is 10.9. The van der Waals surface area contributed by atoms with Crippen molar-refractivity contribution in [1.29, 1.82) is 0 Å². The molecule has 0 aliphatic heterocycles. The van der Waals surface area contributed by atoms with Gasteiger partial charge in [0.1, 0.15) is 5.70 Å². The summed E-state index contributed by atoms with van der Waals surface area (Å²) >= 11 is 20.7. The number of thiazole rings is 1. The zero-order chi connectivity index (χ0) is 31.8. The first-order chi connectivity index (χ1) is 21.7. The van der Waals surface area contributed by atoms with Crippen molar-refractivity contribution in [3.63, 3.8) is 0 Å². The van der Waals surface area contributed by atoms with Gasteiger partial charge in [0.15, 0.2) is 5.13 Å². The van der Waals surface area contributed by atoms with E-state index in [4.69, 9.17) is 34.8 Å². The summed E-state index contributed by atoms with van der Waals surface area (Å²) in [7, 11) is 0. The van der Waals surface area contributed by atoms with Crippen molar-refractivity contribution in [2.75, 3.05) is 16.4 Å². The number of halogens is 3. The molecule has 0 spiro atoms. The highest BCUT2D eigenvalue weighted by molar-refractivity contribution is 8.00. The Morgan fingerprint density at radius 2 is 1.56 bits per heavy atom. The van der Waals surface area contributed by atoms with Gasteiger partial charge in [-0.15, -0.1) is 23.1 Å². The average molecular weight is 694 g/mol. The van der Waals surface area contributed by atoms with Gasteiger partial charge in [0.2, 0.25) is 5.91 Å². The first-order valence-electron chi connectivity index (χ1n) is 13.3. The first-order valence-corrected chi connectivity index (χ1v) is 16.3. The lowest BCUT2D eigenvalue weighted by molar-refractivity contribution is -0.114. The molecule has 0 unspecified atom stereocenters. The van der Waals surface area contributed by atoms with E-state index >= 15 is 0 Å². The zero-order valence-electron chi connectivity index (χ0n) is 23.2. The van der Waals surface area contributed by atoms with E-state index in [0.717, 1.165) is 10.5 Å². The van der Waals surface area contributed by atoms with Gasteiger partial charge in [-0.25, -0.2) is 4.98 Å². The molecule has 0 saturated carbocycles. The summed E-state index contributed by atoms with van der Waals surface area (Å²) in [6, 6.07) is 27.8. The number of carbonyl (C=O) groups is 3. The Balaban J connectivity index is 1.18. The van der Waals surface area contributed by atoms with Gasteiger partial charge in [0, 0.05) is 32.1 Å². The van der Waals surface area contributed by atoms with E-state index in [1.54, 1.807) is 97.1 Å². The van der Waals surface area contributed by atoms with Gasteiger partial charge in [-0.05, 0) is 72.3 Å². The minimum Gasteiger partial charge on any atom is -0.321 e. The Bertz CT molecular complexity index is 1860. The van der Waals surface area contributed by atoms with E-state index in [1.807, 2.05) is 11.4 Å². The van der Waals surface area contributed by atoms with Gasteiger partial charge in [0.05, 0.1) is 21.5 Å². The number of anilines is 2. The molecule has 7 nitrogen and oxygen atoms in total. The van der Waals surface area contributed by atoms with Crippen LogP contribution in [0.3, 0.4) is 0 Å². The molecule has 0 aliphatic carbocycles. The lowest BCUT2D eigenvalue weighted by Crippen LogP contribution is -2.30. The molecule has 0 bridgehead atoms. The number of benzene rings is 4. The van der Waals surface area contributed by atoms with Crippen molar-refractivity contribution in [3.05, 3.63) is 134 Å². The van der Waals surface area contributed by atoms with Crippen LogP contribution in [0.15, 0.2) is 113 Å². The fraction of sp³-hybridized carbons (Fsp3) is 0.0303. The van der Waals surface area contributed by atoms with Crippen LogP contribution in [0.25, 0.3) is 17.3 Å².